The molecule has 0 aromatic carbocycles. The Kier molecular flexibility index (Phi) is 5.65. The summed E-state index contributed by atoms with van der Waals surface area (Å²) < 4.78 is 5.64. The maximum absolute atomic E-state index is 10.9. The van der Waals surface area contributed by atoms with E-state index >= 15 is 0 Å². The fraction of sp³-hybridized carbons (Fsp3) is 0.909. The van der Waals surface area contributed by atoms with Crippen LogP contribution in [0.5, 0.6) is 0 Å². The smallest absolute Gasteiger partial charge is 0.219 e. The van der Waals surface area contributed by atoms with Crippen LogP contribution in [-0.2, 0) is 9.53 Å². The summed E-state index contributed by atoms with van der Waals surface area (Å²) in [6, 6.07) is 0. The lowest BCUT2D eigenvalue weighted by Crippen LogP contribution is -2.25. The summed E-state index contributed by atoms with van der Waals surface area (Å²) >= 11 is 0. The van der Waals surface area contributed by atoms with Crippen molar-refractivity contribution in [1.29, 1.82) is 0 Å². The molecule has 1 aliphatic rings. The van der Waals surface area contributed by atoms with Gasteiger partial charge >= 0.3 is 0 Å². The fourth-order valence-electron chi connectivity index (χ4n) is 1.82. The molecular formula is C11H21NO3. The zero-order chi connectivity index (χ0) is 11.1. The zero-order valence-electron chi connectivity index (χ0n) is 9.37. The average Bonchev–Trinajstić information content (AvgIpc) is 2.26. The highest BCUT2D eigenvalue weighted by atomic mass is 16.5. The average molecular weight is 215 g/mol. The number of ether oxygens (including phenoxy) is 1. The minimum absolute atomic E-state index is 0.0673. The first kappa shape index (κ1) is 12.5. The molecule has 1 saturated carbocycles. The summed E-state index contributed by atoms with van der Waals surface area (Å²) in [4.78, 5) is 10.9. The lowest BCUT2D eigenvalue weighted by molar-refractivity contribution is -0.121. The lowest BCUT2D eigenvalue weighted by atomic mass is 9.95. The Morgan fingerprint density at radius 3 is 2.67 bits per heavy atom. The van der Waals surface area contributed by atoms with Crippen LogP contribution in [0.15, 0.2) is 0 Å². The summed E-state index contributed by atoms with van der Waals surface area (Å²) in [5, 5.41) is 11.9. The van der Waals surface area contributed by atoms with Gasteiger partial charge in [0.1, 0.15) is 0 Å². The van der Waals surface area contributed by atoms with Crippen LogP contribution in [0.4, 0.5) is 0 Å². The molecule has 4 heteroatoms. The van der Waals surface area contributed by atoms with Crippen LogP contribution in [0.25, 0.3) is 0 Å². The largest absolute Gasteiger partial charge is 0.393 e. The minimum atomic E-state index is -0.129. The van der Waals surface area contributed by atoms with Crippen molar-refractivity contribution in [1.82, 2.24) is 5.32 Å². The SMILES string of the molecule is CNC(=O)CCCOC1CCC(O)CC1. The minimum Gasteiger partial charge on any atom is -0.393 e. The number of rotatable bonds is 5. The summed E-state index contributed by atoms with van der Waals surface area (Å²) in [6.45, 7) is 0.647. The van der Waals surface area contributed by atoms with Crippen molar-refractivity contribution in [3.05, 3.63) is 0 Å². The van der Waals surface area contributed by atoms with Crippen LogP contribution in [0.3, 0.4) is 0 Å². The number of nitrogens with one attached hydrogen (secondary N) is 1. The number of amides is 1. The second-order valence-electron chi connectivity index (χ2n) is 4.08. The molecular weight excluding hydrogens is 194 g/mol. The van der Waals surface area contributed by atoms with E-state index in [2.05, 4.69) is 5.32 Å². The molecule has 0 radical (unpaired) electrons. The van der Waals surface area contributed by atoms with E-state index < -0.39 is 0 Å². The van der Waals surface area contributed by atoms with Gasteiger partial charge in [-0.2, -0.15) is 0 Å². The molecule has 0 unspecified atom stereocenters. The molecule has 1 amide bonds. The topological polar surface area (TPSA) is 58.6 Å². The summed E-state index contributed by atoms with van der Waals surface area (Å²) in [5.74, 6) is 0.0673. The Balaban J connectivity index is 1.98. The van der Waals surface area contributed by atoms with E-state index in [1.807, 2.05) is 0 Å². The van der Waals surface area contributed by atoms with Gasteiger partial charge in [-0.15, -0.1) is 0 Å². The molecule has 0 bridgehead atoms. The molecule has 0 atom stereocenters. The molecule has 4 nitrogen and oxygen atoms in total. The number of hydrogen-bond acceptors (Lipinski definition) is 3. The third kappa shape index (κ3) is 5.14. The number of carbonyl (C=O) groups excluding carboxylic acids is 1. The highest BCUT2D eigenvalue weighted by Gasteiger charge is 2.19. The van der Waals surface area contributed by atoms with E-state index in [1.165, 1.54) is 0 Å². The van der Waals surface area contributed by atoms with Gasteiger partial charge < -0.3 is 15.2 Å². The number of carbonyl (C=O) groups is 1. The van der Waals surface area contributed by atoms with Crippen LogP contribution in [0.1, 0.15) is 38.5 Å². The van der Waals surface area contributed by atoms with Crippen molar-refractivity contribution in [2.24, 2.45) is 0 Å². The summed E-state index contributed by atoms with van der Waals surface area (Å²) in [5.41, 5.74) is 0. The molecule has 0 aromatic rings. The Bertz CT molecular complexity index is 188. The van der Waals surface area contributed by atoms with Crippen LogP contribution in [0.2, 0.25) is 0 Å². The lowest BCUT2D eigenvalue weighted by Gasteiger charge is -2.25. The zero-order valence-corrected chi connectivity index (χ0v) is 9.37. The van der Waals surface area contributed by atoms with Crippen molar-refractivity contribution in [3.63, 3.8) is 0 Å². The van der Waals surface area contributed by atoms with Crippen molar-refractivity contribution < 1.29 is 14.6 Å². The third-order valence-electron chi connectivity index (χ3n) is 2.82. The molecule has 1 fully saturated rings. The van der Waals surface area contributed by atoms with E-state index in [-0.39, 0.29) is 18.1 Å². The molecule has 0 aliphatic heterocycles. The molecule has 0 saturated heterocycles. The van der Waals surface area contributed by atoms with Gasteiger partial charge in [-0.05, 0) is 32.1 Å². The predicted octanol–water partition coefficient (Wildman–Crippen LogP) is 0.833. The van der Waals surface area contributed by atoms with Gasteiger partial charge in [0.2, 0.25) is 5.91 Å². The van der Waals surface area contributed by atoms with E-state index in [1.54, 1.807) is 7.05 Å². The van der Waals surface area contributed by atoms with Crippen molar-refractivity contribution >= 4 is 5.91 Å². The van der Waals surface area contributed by atoms with Gasteiger partial charge in [-0.1, -0.05) is 0 Å². The first-order chi connectivity index (χ1) is 7.22. The Hall–Kier alpha value is -0.610. The number of aliphatic hydroxyl groups excluding tert-OH is 1. The highest BCUT2D eigenvalue weighted by molar-refractivity contribution is 5.75. The fourth-order valence-corrected chi connectivity index (χ4v) is 1.82. The Morgan fingerprint density at radius 2 is 2.07 bits per heavy atom. The molecule has 0 spiro atoms. The summed E-state index contributed by atoms with van der Waals surface area (Å²) in [7, 11) is 1.64. The molecule has 2 N–H and O–H groups in total. The Morgan fingerprint density at radius 1 is 1.40 bits per heavy atom. The van der Waals surface area contributed by atoms with Crippen LogP contribution in [-0.4, -0.2) is 36.9 Å². The third-order valence-corrected chi connectivity index (χ3v) is 2.82. The second kappa shape index (κ2) is 6.80. The van der Waals surface area contributed by atoms with Gasteiger partial charge in [-0.25, -0.2) is 0 Å². The normalized spacial score (nSPS) is 26.3. The quantitative estimate of drug-likeness (QED) is 0.668. The van der Waals surface area contributed by atoms with Gasteiger partial charge in [0.05, 0.1) is 12.2 Å². The molecule has 0 heterocycles. The molecule has 15 heavy (non-hydrogen) atoms. The maximum Gasteiger partial charge on any atom is 0.219 e. The second-order valence-corrected chi connectivity index (χ2v) is 4.08. The number of aliphatic hydroxyl groups is 1. The molecule has 0 aromatic heterocycles. The van der Waals surface area contributed by atoms with Crippen molar-refractivity contribution in [2.75, 3.05) is 13.7 Å². The maximum atomic E-state index is 10.9. The van der Waals surface area contributed by atoms with E-state index in [9.17, 15) is 9.90 Å². The summed E-state index contributed by atoms with van der Waals surface area (Å²) in [6.07, 6.45) is 5.06. The monoisotopic (exact) mass is 215 g/mol. The van der Waals surface area contributed by atoms with Crippen LogP contribution in [0, 0.1) is 0 Å². The van der Waals surface area contributed by atoms with Gasteiger partial charge in [-0.3, -0.25) is 4.79 Å². The highest BCUT2D eigenvalue weighted by Crippen LogP contribution is 2.21. The number of hydrogen-bond donors (Lipinski definition) is 2. The Labute approximate surface area is 91.0 Å². The van der Waals surface area contributed by atoms with Crippen LogP contribution >= 0.6 is 0 Å². The molecule has 88 valence electrons. The first-order valence-corrected chi connectivity index (χ1v) is 5.72. The van der Waals surface area contributed by atoms with Crippen LogP contribution < -0.4 is 5.32 Å². The van der Waals surface area contributed by atoms with Gasteiger partial charge in [0.15, 0.2) is 0 Å². The van der Waals surface area contributed by atoms with Gasteiger partial charge in [0, 0.05) is 20.1 Å². The van der Waals surface area contributed by atoms with Crippen molar-refractivity contribution in [2.45, 2.75) is 50.7 Å². The van der Waals surface area contributed by atoms with Gasteiger partial charge in [0.25, 0.3) is 0 Å². The molecule has 1 rings (SSSR count). The van der Waals surface area contributed by atoms with E-state index in [0.29, 0.717) is 13.0 Å². The first-order valence-electron chi connectivity index (χ1n) is 5.72. The van der Waals surface area contributed by atoms with E-state index in [4.69, 9.17) is 4.74 Å². The predicted molar refractivity (Wildman–Crippen MR) is 57.5 cm³/mol. The standard InChI is InChI=1S/C11H21NO3/c1-12-11(14)3-2-8-15-10-6-4-9(13)5-7-10/h9-10,13H,2-8H2,1H3,(H,12,14). The van der Waals surface area contributed by atoms with Crippen molar-refractivity contribution in [3.8, 4) is 0 Å². The molecule has 1 aliphatic carbocycles. The van der Waals surface area contributed by atoms with E-state index in [0.717, 1.165) is 32.1 Å².